The second-order valence-electron chi connectivity index (χ2n) is 8.06. The van der Waals surface area contributed by atoms with Crippen LogP contribution in [0.4, 0.5) is 10.5 Å². The number of hydrogen-bond donors (Lipinski definition) is 3. The van der Waals surface area contributed by atoms with E-state index in [1.54, 1.807) is 0 Å². The molecule has 6 heteroatoms. The summed E-state index contributed by atoms with van der Waals surface area (Å²) in [6.45, 7) is 4.08. The van der Waals surface area contributed by atoms with Crippen molar-refractivity contribution in [1.82, 2.24) is 15.5 Å². The van der Waals surface area contributed by atoms with Gasteiger partial charge in [0.15, 0.2) is 0 Å². The van der Waals surface area contributed by atoms with Crippen LogP contribution in [-0.4, -0.2) is 47.6 Å². The lowest BCUT2D eigenvalue weighted by Gasteiger charge is -2.18. The molecule has 0 radical (unpaired) electrons. The highest BCUT2D eigenvalue weighted by molar-refractivity contribution is 6.14. The van der Waals surface area contributed by atoms with Crippen molar-refractivity contribution in [2.24, 2.45) is 4.99 Å². The highest BCUT2D eigenvalue weighted by atomic mass is 16.3. The molecule has 154 valence electrons. The third kappa shape index (κ3) is 3.59. The maximum Gasteiger partial charge on any atom is 0.320 e. The molecule has 0 spiro atoms. The third-order valence-electron chi connectivity index (χ3n) is 5.97. The van der Waals surface area contributed by atoms with Gasteiger partial charge in [-0.15, -0.1) is 0 Å². The van der Waals surface area contributed by atoms with Gasteiger partial charge in [-0.1, -0.05) is 36.4 Å². The minimum absolute atomic E-state index is 0.220. The van der Waals surface area contributed by atoms with Crippen molar-refractivity contribution in [1.29, 1.82) is 0 Å². The van der Waals surface area contributed by atoms with E-state index in [1.165, 1.54) is 11.3 Å². The first-order valence-corrected chi connectivity index (χ1v) is 10.6. The molecule has 2 aliphatic carbocycles. The minimum atomic E-state index is -0.225. The van der Waals surface area contributed by atoms with Crippen LogP contribution in [0, 0.1) is 0 Å². The maximum atomic E-state index is 11.9. The van der Waals surface area contributed by atoms with Crippen molar-refractivity contribution in [2.45, 2.75) is 31.8 Å². The number of aliphatic imine (C=N–C) groups is 1. The molecule has 6 nitrogen and oxygen atoms in total. The number of aliphatic hydroxyl groups is 1. The molecule has 2 atom stereocenters. The van der Waals surface area contributed by atoms with E-state index in [0.29, 0.717) is 18.9 Å². The number of benzene rings is 1. The number of allylic oxidation sites excluding steroid dienone is 6. The summed E-state index contributed by atoms with van der Waals surface area (Å²) in [4.78, 5) is 18.9. The molecule has 1 aromatic carbocycles. The average molecular weight is 402 g/mol. The maximum absolute atomic E-state index is 11.9. The van der Waals surface area contributed by atoms with Gasteiger partial charge in [-0.05, 0) is 48.6 Å². The van der Waals surface area contributed by atoms with Gasteiger partial charge in [0.25, 0.3) is 0 Å². The van der Waals surface area contributed by atoms with Crippen molar-refractivity contribution in [3.8, 4) is 0 Å². The van der Waals surface area contributed by atoms with E-state index >= 15 is 0 Å². The SMILES string of the molecule is CCNC(=O)NC1=Nc2cc(C3=CCC=C(N4CCC(O)C4)C=C3)ccc2C2C=C12. The molecule has 0 bridgehead atoms. The van der Waals surface area contributed by atoms with Gasteiger partial charge in [-0.2, -0.15) is 0 Å². The van der Waals surface area contributed by atoms with Gasteiger partial charge >= 0.3 is 6.03 Å². The monoisotopic (exact) mass is 402 g/mol. The smallest absolute Gasteiger partial charge is 0.320 e. The Balaban J connectivity index is 1.36. The summed E-state index contributed by atoms with van der Waals surface area (Å²) in [5.41, 5.74) is 6.65. The molecule has 2 amide bonds. The summed E-state index contributed by atoms with van der Waals surface area (Å²) in [7, 11) is 0. The van der Waals surface area contributed by atoms with Gasteiger partial charge in [0, 0.05) is 36.8 Å². The van der Waals surface area contributed by atoms with Crippen LogP contribution in [0.2, 0.25) is 0 Å². The number of β-amino-alcohol motifs (C(OH)–C–C–N with tert-alkyl or cyclic N) is 1. The number of nitrogens with one attached hydrogen (secondary N) is 2. The molecule has 4 aliphatic rings. The molecule has 2 aliphatic heterocycles. The molecule has 2 unspecified atom stereocenters. The summed E-state index contributed by atoms with van der Waals surface area (Å²) in [5.74, 6) is 0.912. The average Bonchev–Trinajstić information content (AvgIpc) is 3.48. The Kier molecular flexibility index (Phi) is 4.79. The van der Waals surface area contributed by atoms with Gasteiger partial charge in [-0.25, -0.2) is 9.79 Å². The highest BCUT2D eigenvalue weighted by Gasteiger charge is 2.36. The third-order valence-corrected chi connectivity index (χ3v) is 5.97. The Morgan fingerprint density at radius 1 is 1.30 bits per heavy atom. The van der Waals surface area contributed by atoms with Crippen molar-refractivity contribution in [2.75, 3.05) is 19.6 Å². The number of hydrogen-bond acceptors (Lipinski definition) is 4. The molecular weight excluding hydrogens is 376 g/mol. The van der Waals surface area contributed by atoms with Crippen LogP contribution in [0.1, 0.15) is 36.8 Å². The molecule has 0 aromatic heterocycles. The van der Waals surface area contributed by atoms with E-state index in [1.807, 2.05) is 6.92 Å². The van der Waals surface area contributed by atoms with E-state index in [2.05, 4.69) is 64.1 Å². The van der Waals surface area contributed by atoms with E-state index in [4.69, 9.17) is 4.99 Å². The number of fused-ring (bicyclic) bond motifs is 3. The molecule has 0 saturated carbocycles. The second-order valence-corrected chi connectivity index (χ2v) is 8.06. The molecule has 1 fully saturated rings. The lowest BCUT2D eigenvalue weighted by atomic mass is 9.96. The number of carbonyl (C=O) groups excluding carboxylic acids is 1. The summed E-state index contributed by atoms with van der Waals surface area (Å²) in [5, 5.41) is 15.4. The van der Waals surface area contributed by atoms with Crippen LogP contribution in [0.3, 0.4) is 0 Å². The zero-order valence-corrected chi connectivity index (χ0v) is 17.1. The van der Waals surface area contributed by atoms with Crippen molar-refractivity contribution >= 4 is 23.1 Å². The van der Waals surface area contributed by atoms with Gasteiger partial charge < -0.3 is 15.3 Å². The van der Waals surface area contributed by atoms with E-state index < -0.39 is 0 Å². The lowest BCUT2D eigenvalue weighted by Crippen LogP contribution is -2.39. The first kappa shape index (κ1) is 18.9. The summed E-state index contributed by atoms with van der Waals surface area (Å²) < 4.78 is 0. The Labute approximate surface area is 176 Å². The predicted octanol–water partition coefficient (Wildman–Crippen LogP) is 3.37. The largest absolute Gasteiger partial charge is 0.391 e. The van der Waals surface area contributed by atoms with Gasteiger partial charge in [0.1, 0.15) is 5.84 Å². The van der Waals surface area contributed by atoms with E-state index in [9.17, 15) is 9.90 Å². The van der Waals surface area contributed by atoms with Gasteiger partial charge in [0.2, 0.25) is 0 Å². The number of nitrogens with zero attached hydrogens (tertiary/aromatic N) is 2. The number of urea groups is 1. The summed E-state index contributed by atoms with van der Waals surface area (Å²) >= 11 is 0. The van der Waals surface area contributed by atoms with Crippen LogP contribution in [-0.2, 0) is 0 Å². The van der Waals surface area contributed by atoms with E-state index in [0.717, 1.165) is 41.8 Å². The Bertz CT molecular complexity index is 1050. The molecule has 3 N–H and O–H groups in total. The fourth-order valence-electron chi connectivity index (χ4n) is 4.34. The second kappa shape index (κ2) is 7.61. The minimum Gasteiger partial charge on any atom is -0.391 e. The standard InChI is InChI=1S/C24H26N4O2/c1-2-25-24(30)27-23-21-13-20(21)19-9-7-16(12-22(19)26-23)15-4-3-5-17(8-6-15)28-11-10-18(29)14-28/h4-9,12-13,18,20,29H,2-3,10-11,14H2,1H3,(H2,25,26,27,30). The van der Waals surface area contributed by atoms with Crippen LogP contribution in [0.25, 0.3) is 5.57 Å². The first-order valence-electron chi connectivity index (χ1n) is 10.6. The fourth-order valence-corrected chi connectivity index (χ4v) is 4.34. The number of carbonyl (C=O) groups is 1. The van der Waals surface area contributed by atoms with Crippen LogP contribution < -0.4 is 10.6 Å². The highest BCUT2D eigenvalue weighted by Crippen LogP contribution is 2.48. The molecule has 5 rings (SSSR count). The van der Waals surface area contributed by atoms with Crippen LogP contribution in [0.5, 0.6) is 0 Å². The molecule has 1 aromatic rings. The Morgan fingerprint density at radius 3 is 3.00 bits per heavy atom. The van der Waals surface area contributed by atoms with Crippen LogP contribution in [0.15, 0.2) is 64.8 Å². The molecular formula is C24H26N4O2. The number of rotatable bonds is 3. The Hall–Kier alpha value is -3.12. The van der Waals surface area contributed by atoms with Crippen LogP contribution >= 0.6 is 0 Å². The Morgan fingerprint density at radius 2 is 2.20 bits per heavy atom. The number of amides is 2. The molecule has 1 saturated heterocycles. The molecule has 2 heterocycles. The normalized spacial score (nSPS) is 24.0. The van der Waals surface area contributed by atoms with E-state index in [-0.39, 0.29) is 18.1 Å². The van der Waals surface area contributed by atoms with Crippen molar-refractivity contribution in [3.05, 3.63) is 71.0 Å². The summed E-state index contributed by atoms with van der Waals surface area (Å²) in [6.07, 6.45) is 12.3. The first-order chi connectivity index (χ1) is 14.6. The topological polar surface area (TPSA) is 77.0 Å². The number of aliphatic hydroxyl groups excluding tert-OH is 1. The zero-order chi connectivity index (χ0) is 20.7. The lowest BCUT2D eigenvalue weighted by molar-refractivity contribution is 0.184. The summed E-state index contributed by atoms with van der Waals surface area (Å²) in [6, 6.07) is 6.19. The number of likely N-dealkylation sites (tertiary alicyclic amines) is 1. The number of amidine groups is 1. The molecule has 30 heavy (non-hydrogen) atoms. The fraction of sp³-hybridized carbons (Fsp3) is 0.333. The zero-order valence-electron chi connectivity index (χ0n) is 17.1. The van der Waals surface area contributed by atoms with Gasteiger partial charge in [-0.3, -0.25) is 5.32 Å². The van der Waals surface area contributed by atoms with Gasteiger partial charge in [0.05, 0.1) is 11.8 Å². The van der Waals surface area contributed by atoms with Crippen molar-refractivity contribution < 1.29 is 9.90 Å². The predicted molar refractivity (Wildman–Crippen MR) is 119 cm³/mol. The quantitative estimate of drug-likeness (QED) is 0.726. The van der Waals surface area contributed by atoms with Crippen molar-refractivity contribution in [3.63, 3.8) is 0 Å².